The molecule has 2 aliphatic heterocycles. The molecule has 4 rings (SSSR count). The van der Waals surface area contributed by atoms with E-state index in [4.69, 9.17) is 9.15 Å². The summed E-state index contributed by atoms with van der Waals surface area (Å²) in [7, 11) is 1.58. The van der Waals surface area contributed by atoms with E-state index in [1.807, 2.05) is 24.0 Å². The SMILES string of the molecule is COc1ccc2c(C)c(CCC(=O)N3CC[C@@H](N4CCCC4)[C@H]3C)c(=O)oc2c1. The average molecular weight is 399 g/mol. The van der Waals surface area contributed by atoms with Crippen molar-refractivity contribution >= 4 is 16.9 Å². The van der Waals surface area contributed by atoms with Crippen LogP contribution in [0.3, 0.4) is 0 Å². The molecular weight excluding hydrogens is 368 g/mol. The van der Waals surface area contributed by atoms with Crippen molar-refractivity contribution in [2.24, 2.45) is 0 Å². The summed E-state index contributed by atoms with van der Waals surface area (Å²) >= 11 is 0. The Labute approximate surface area is 171 Å². The molecule has 0 unspecified atom stereocenters. The summed E-state index contributed by atoms with van der Waals surface area (Å²) in [4.78, 5) is 30.0. The van der Waals surface area contributed by atoms with Crippen LogP contribution in [0.5, 0.6) is 5.75 Å². The lowest BCUT2D eigenvalue weighted by Gasteiger charge is -2.30. The predicted octanol–water partition coefficient (Wildman–Crippen LogP) is 3.13. The van der Waals surface area contributed by atoms with E-state index in [1.165, 1.54) is 12.8 Å². The highest BCUT2D eigenvalue weighted by Gasteiger charge is 2.37. The summed E-state index contributed by atoms with van der Waals surface area (Å²) in [6, 6.07) is 6.20. The summed E-state index contributed by atoms with van der Waals surface area (Å²) < 4.78 is 10.7. The van der Waals surface area contributed by atoms with E-state index in [1.54, 1.807) is 13.2 Å². The second-order valence-electron chi connectivity index (χ2n) is 8.28. The second-order valence-corrected chi connectivity index (χ2v) is 8.28. The van der Waals surface area contributed by atoms with E-state index in [0.29, 0.717) is 35.8 Å². The number of aryl methyl sites for hydroxylation is 1. The average Bonchev–Trinajstić information content (AvgIpc) is 3.36. The molecule has 2 fully saturated rings. The Balaban J connectivity index is 1.46. The van der Waals surface area contributed by atoms with Gasteiger partial charge in [0.1, 0.15) is 11.3 Å². The number of methoxy groups -OCH3 is 1. The zero-order valence-corrected chi connectivity index (χ0v) is 17.6. The van der Waals surface area contributed by atoms with Crippen molar-refractivity contribution in [3.05, 3.63) is 39.7 Å². The Morgan fingerprint density at radius 1 is 1.24 bits per heavy atom. The van der Waals surface area contributed by atoms with Crippen LogP contribution in [0.2, 0.25) is 0 Å². The molecule has 3 heterocycles. The minimum atomic E-state index is -0.361. The maximum Gasteiger partial charge on any atom is 0.339 e. The molecule has 1 aromatic carbocycles. The maximum absolute atomic E-state index is 12.9. The summed E-state index contributed by atoms with van der Waals surface area (Å²) in [5.74, 6) is 0.784. The molecule has 0 spiro atoms. The first-order valence-electron chi connectivity index (χ1n) is 10.6. The first kappa shape index (κ1) is 20.0. The number of amides is 1. The Bertz CT molecular complexity index is 961. The number of rotatable bonds is 5. The highest BCUT2D eigenvalue weighted by Crippen LogP contribution is 2.28. The molecule has 6 nitrogen and oxygen atoms in total. The standard InChI is InChI=1S/C23H30N2O4/c1-15-18-7-6-17(28-3)14-21(18)29-23(27)19(15)8-9-22(26)25-13-10-20(16(25)2)24-11-4-5-12-24/h6-7,14,16,20H,4-5,8-13H2,1-3H3/t16-,20-/m1/s1. The van der Waals surface area contributed by atoms with Gasteiger partial charge in [-0.2, -0.15) is 0 Å². The van der Waals surface area contributed by atoms with Gasteiger partial charge in [0.05, 0.1) is 7.11 Å². The molecule has 0 saturated carbocycles. The largest absolute Gasteiger partial charge is 0.497 e. The number of hydrogen-bond donors (Lipinski definition) is 0. The van der Waals surface area contributed by atoms with Gasteiger partial charge in [0.15, 0.2) is 0 Å². The van der Waals surface area contributed by atoms with Gasteiger partial charge in [-0.05, 0) is 70.3 Å². The van der Waals surface area contributed by atoms with Crippen LogP contribution in [0.4, 0.5) is 0 Å². The zero-order valence-electron chi connectivity index (χ0n) is 17.6. The number of nitrogens with zero attached hydrogens (tertiary/aromatic N) is 2. The molecule has 1 amide bonds. The molecule has 156 valence electrons. The number of fused-ring (bicyclic) bond motifs is 1. The number of carbonyl (C=O) groups excluding carboxylic acids is 1. The summed E-state index contributed by atoms with van der Waals surface area (Å²) in [6.07, 6.45) is 4.32. The van der Waals surface area contributed by atoms with Gasteiger partial charge in [-0.25, -0.2) is 4.79 Å². The van der Waals surface area contributed by atoms with Crippen LogP contribution in [-0.4, -0.2) is 54.5 Å². The number of hydrogen-bond acceptors (Lipinski definition) is 5. The van der Waals surface area contributed by atoms with Gasteiger partial charge in [0.2, 0.25) is 5.91 Å². The quantitative estimate of drug-likeness (QED) is 0.724. The van der Waals surface area contributed by atoms with Gasteiger partial charge in [-0.1, -0.05) is 0 Å². The molecular formula is C23H30N2O4. The predicted molar refractivity (Wildman–Crippen MR) is 112 cm³/mol. The number of ether oxygens (including phenoxy) is 1. The molecule has 2 atom stereocenters. The van der Waals surface area contributed by atoms with E-state index in [9.17, 15) is 9.59 Å². The molecule has 0 radical (unpaired) electrons. The first-order valence-corrected chi connectivity index (χ1v) is 10.6. The lowest BCUT2D eigenvalue weighted by molar-refractivity contribution is -0.132. The normalized spacial score (nSPS) is 22.5. The minimum absolute atomic E-state index is 0.132. The smallest absolute Gasteiger partial charge is 0.339 e. The lowest BCUT2D eigenvalue weighted by Crippen LogP contribution is -2.44. The van der Waals surface area contributed by atoms with Crippen LogP contribution < -0.4 is 10.4 Å². The Morgan fingerprint density at radius 2 is 2.00 bits per heavy atom. The van der Waals surface area contributed by atoms with Crippen molar-refractivity contribution in [1.29, 1.82) is 0 Å². The Morgan fingerprint density at radius 3 is 2.72 bits per heavy atom. The molecule has 2 saturated heterocycles. The van der Waals surface area contributed by atoms with Gasteiger partial charge in [0.25, 0.3) is 0 Å². The fourth-order valence-electron chi connectivity index (χ4n) is 5.00. The van der Waals surface area contributed by atoms with Crippen LogP contribution in [-0.2, 0) is 11.2 Å². The monoisotopic (exact) mass is 398 g/mol. The number of likely N-dealkylation sites (tertiary alicyclic amines) is 2. The summed E-state index contributed by atoms with van der Waals surface area (Å²) in [5.41, 5.74) is 1.64. The van der Waals surface area contributed by atoms with Crippen LogP contribution in [0, 0.1) is 6.92 Å². The van der Waals surface area contributed by atoms with Crippen molar-refractivity contribution in [1.82, 2.24) is 9.80 Å². The van der Waals surface area contributed by atoms with E-state index in [2.05, 4.69) is 11.8 Å². The molecule has 2 aliphatic rings. The second kappa shape index (κ2) is 8.19. The van der Waals surface area contributed by atoms with E-state index in [-0.39, 0.29) is 17.6 Å². The van der Waals surface area contributed by atoms with Crippen molar-refractivity contribution in [2.45, 2.75) is 58.0 Å². The fourth-order valence-corrected chi connectivity index (χ4v) is 5.00. The van der Waals surface area contributed by atoms with Crippen molar-refractivity contribution in [3.63, 3.8) is 0 Å². The molecule has 0 bridgehead atoms. The summed E-state index contributed by atoms with van der Waals surface area (Å²) in [6.45, 7) is 7.20. The van der Waals surface area contributed by atoms with Gasteiger partial charge in [-0.15, -0.1) is 0 Å². The maximum atomic E-state index is 12.9. The van der Waals surface area contributed by atoms with Crippen LogP contribution in [0.25, 0.3) is 11.0 Å². The van der Waals surface area contributed by atoms with Gasteiger partial charge < -0.3 is 14.1 Å². The van der Waals surface area contributed by atoms with E-state index >= 15 is 0 Å². The number of benzene rings is 1. The van der Waals surface area contributed by atoms with Gasteiger partial charge in [0, 0.05) is 42.1 Å². The fraction of sp³-hybridized carbons (Fsp3) is 0.565. The summed E-state index contributed by atoms with van der Waals surface area (Å²) in [5, 5.41) is 0.886. The molecule has 0 N–H and O–H groups in total. The Kier molecular flexibility index (Phi) is 5.63. The van der Waals surface area contributed by atoms with Crippen LogP contribution >= 0.6 is 0 Å². The first-order chi connectivity index (χ1) is 14.0. The Hall–Kier alpha value is -2.34. The van der Waals surface area contributed by atoms with Gasteiger partial charge in [-0.3, -0.25) is 9.69 Å². The van der Waals surface area contributed by atoms with E-state index in [0.717, 1.165) is 37.0 Å². The molecule has 0 aliphatic carbocycles. The topological polar surface area (TPSA) is 63.0 Å². The third-order valence-electron chi connectivity index (χ3n) is 6.73. The van der Waals surface area contributed by atoms with Crippen molar-refractivity contribution in [2.75, 3.05) is 26.7 Å². The lowest BCUT2D eigenvalue weighted by atomic mass is 10.0. The highest BCUT2D eigenvalue weighted by atomic mass is 16.5. The van der Waals surface area contributed by atoms with Crippen molar-refractivity contribution in [3.8, 4) is 5.75 Å². The van der Waals surface area contributed by atoms with Crippen LogP contribution in [0.15, 0.2) is 27.4 Å². The van der Waals surface area contributed by atoms with Crippen LogP contribution in [0.1, 0.15) is 43.7 Å². The minimum Gasteiger partial charge on any atom is -0.497 e. The van der Waals surface area contributed by atoms with Gasteiger partial charge >= 0.3 is 5.63 Å². The molecule has 6 heteroatoms. The molecule has 1 aromatic heterocycles. The van der Waals surface area contributed by atoms with E-state index < -0.39 is 0 Å². The molecule has 29 heavy (non-hydrogen) atoms. The van der Waals surface area contributed by atoms with Crippen molar-refractivity contribution < 1.29 is 13.9 Å². The third-order valence-corrected chi connectivity index (χ3v) is 6.73. The third kappa shape index (κ3) is 3.78. The number of carbonyl (C=O) groups is 1. The molecule has 2 aromatic rings. The highest BCUT2D eigenvalue weighted by molar-refractivity contribution is 5.83. The zero-order chi connectivity index (χ0) is 20.5.